The third kappa shape index (κ3) is 4.25. The Balaban J connectivity index is 1.31. The van der Waals surface area contributed by atoms with Crippen LogP contribution in [0.1, 0.15) is 36.0 Å². The maximum absolute atomic E-state index is 13.3. The third-order valence-electron chi connectivity index (χ3n) is 5.19. The van der Waals surface area contributed by atoms with E-state index in [9.17, 15) is 9.18 Å². The quantitative estimate of drug-likeness (QED) is 0.637. The van der Waals surface area contributed by atoms with Crippen molar-refractivity contribution in [1.82, 2.24) is 10.3 Å². The van der Waals surface area contributed by atoms with Gasteiger partial charge in [0.1, 0.15) is 11.6 Å². The van der Waals surface area contributed by atoms with E-state index in [1.165, 1.54) is 18.2 Å². The first kappa shape index (κ1) is 18.7. The summed E-state index contributed by atoms with van der Waals surface area (Å²) in [6, 6.07) is 16.6. The van der Waals surface area contributed by atoms with Crippen LogP contribution in [0, 0.1) is 5.82 Å². The molecule has 2 N–H and O–H groups in total. The number of benzene rings is 2. The molecule has 6 heteroatoms. The van der Waals surface area contributed by atoms with Gasteiger partial charge in [-0.2, -0.15) is 0 Å². The lowest BCUT2D eigenvalue weighted by Crippen LogP contribution is -2.40. The Kier molecular flexibility index (Phi) is 5.44. The van der Waals surface area contributed by atoms with Gasteiger partial charge < -0.3 is 10.6 Å². The maximum atomic E-state index is 13.3. The topological polar surface area (TPSA) is 54.0 Å². The van der Waals surface area contributed by atoms with Crippen LogP contribution in [0.5, 0.6) is 0 Å². The molecule has 1 saturated carbocycles. The fourth-order valence-electron chi connectivity index (χ4n) is 3.64. The van der Waals surface area contributed by atoms with E-state index in [0.29, 0.717) is 11.6 Å². The van der Waals surface area contributed by atoms with Gasteiger partial charge in [-0.15, -0.1) is 0 Å². The van der Waals surface area contributed by atoms with Crippen molar-refractivity contribution in [2.45, 2.75) is 37.8 Å². The fraction of sp³-hybridized carbons (Fsp3) is 0.273. The van der Waals surface area contributed by atoms with E-state index in [1.807, 2.05) is 30.3 Å². The highest BCUT2D eigenvalue weighted by atomic mass is 35.5. The minimum Gasteiger partial charge on any atom is -0.367 e. The lowest BCUT2D eigenvalue weighted by atomic mass is 9.91. The number of carbonyl (C=O) groups is 1. The molecule has 4 rings (SSSR count). The molecule has 1 aliphatic rings. The molecular weight excluding hydrogens is 377 g/mol. The van der Waals surface area contributed by atoms with Crippen LogP contribution in [-0.4, -0.2) is 23.0 Å². The number of amides is 1. The van der Waals surface area contributed by atoms with Crippen molar-refractivity contribution in [1.29, 1.82) is 0 Å². The molecule has 0 spiro atoms. The molecule has 28 heavy (non-hydrogen) atoms. The van der Waals surface area contributed by atoms with Crippen LogP contribution >= 0.6 is 11.6 Å². The Labute approximate surface area is 168 Å². The zero-order chi connectivity index (χ0) is 19.5. The molecule has 0 unspecified atom stereocenters. The Hall–Kier alpha value is -2.66. The van der Waals surface area contributed by atoms with Crippen LogP contribution < -0.4 is 10.6 Å². The second-order valence-electron chi connectivity index (χ2n) is 7.18. The first-order valence-corrected chi connectivity index (χ1v) is 9.84. The van der Waals surface area contributed by atoms with Crippen molar-refractivity contribution in [3.05, 3.63) is 71.0 Å². The molecule has 1 amide bonds. The molecule has 144 valence electrons. The Morgan fingerprint density at radius 1 is 1.00 bits per heavy atom. The molecule has 2 aromatic carbocycles. The van der Waals surface area contributed by atoms with Crippen molar-refractivity contribution in [2.24, 2.45) is 0 Å². The summed E-state index contributed by atoms with van der Waals surface area (Å²) in [5.41, 5.74) is 1.36. The summed E-state index contributed by atoms with van der Waals surface area (Å²) in [6.45, 7) is 0. The van der Waals surface area contributed by atoms with Crippen LogP contribution in [-0.2, 0) is 0 Å². The number of rotatable bonds is 4. The summed E-state index contributed by atoms with van der Waals surface area (Å²) < 4.78 is 13.3. The van der Waals surface area contributed by atoms with Gasteiger partial charge in [0.15, 0.2) is 0 Å². The van der Waals surface area contributed by atoms with Crippen molar-refractivity contribution in [3.8, 4) is 0 Å². The zero-order valence-electron chi connectivity index (χ0n) is 15.3. The van der Waals surface area contributed by atoms with Crippen LogP contribution in [0.3, 0.4) is 0 Å². The number of carbonyl (C=O) groups excluding carboxylic acids is 1. The summed E-state index contributed by atoms with van der Waals surface area (Å²) in [5.74, 6) is 0.147. The van der Waals surface area contributed by atoms with Crippen molar-refractivity contribution < 1.29 is 9.18 Å². The van der Waals surface area contributed by atoms with Gasteiger partial charge in [0.05, 0.1) is 10.5 Å². The highest BCUT2D eigenvalue weighted by Gasteiger charge is 2.23. The maximum Gasteiger partial charge on any atom is 0.251 e. The van der Waals surface area contributed by atoms with Crippen LogP contribution in [0.2, 0.25) is 5.02 Å². The lowest BCUT2D eigenvalue weighted by Gasteiger charge is -2.30. The largest absolute Gasteiger partial charge is 0.367 e. The van der Waals surface area contributed by atoms with Crippen LogP contribution in [0.15, 0.2) is 54.6 Å². The smallest absolute Gasteiger partial charge is 0.251 e. The van der Waals surface area contributed by atoms with E-state index >= 15 is 0 Å². The second-order valence-corrected chi connectivity index (χ2v) is 7.59. The van der Waals surface area contributed by atoms with Gasteiger partial charge in [0.25, 0.3) is 5.91 Å². The number of fused-ring (bicyclic) bond motifs is 1. The minimum absolute atomic E-state index is 0.0385. The zero-order valence-corrected chi connectivity index (χ0v) is 16.0. The van der Waals surface area contributed by atoms with Crippen LogP contribution in [0.25, 0.3) is 10.9 Å². The molecule has 0 saturated heterocycles. The molecule has 1 aliphatic carbocycles. The normalized spacial score (nSPS) is 19.4. The van der Waals surface area contributed by atoms with Gasteiger partial charge in [-0.3, -0.25) is 4.79 Å². The van der Waals surface area contributed by atoms with Gasteiger partial charge in [-0.25, -0.2) is 9.37 Å². The number of anilines is 1. The van der Waals surface area contributed by atoms with Crippen LogP contribution in [0.4, 0.5) is 10.2 Å². The molecule has 0 radical (unpaired) electrons. The fourth-order valence-corrected chi connectivity index (χ4v) is 3.82. The van der Waals surface area contributed by atoms with Gasteiger partial charge in [-0.05, 0) is 62.1 Å². The van der Waals surface area contributed by atoms with Gasteiger partial charge in [-0.1, -0.05) is 29.8 Å². The lowest BCUT2D eigenvalue weighted by molar-refractivity contribution is 0.0926. The highest BCUT2D eigenvalue weighted by molar-refractivity contribution is 6.31. The van der Waals surface area contributed by atoms with Gasteiger partial charge >= 0.3 is 0 Å². The summed E-state index contributed by atoms with van der Waals surface area (Å²) in [5, 5.41) is 7.62. The molecule has 0 atom stereocenters. The molecule has 0 aliphatic heterocycles. The average Bonchev–Trinajstić information content (AvgIpc) is 2.71. The number of nitrogens with one attached hydrogen (secondary N) is 2. The summed E-state index contributed by atoms with van der Waals surface area (Å²) in [7, 11) is 0. The Morgan fingerprint density at radius 3 is 2.54 bits per heavy atom. The molecular formula is C22H21ClFN3O. The van der Waals surface area contributed by atoms with E-state index in [1.54, 1.807) is 0 Å². The first-order chi connectivity index (χ1) is 13.6. The molecule has 1 heterocycles. The number of nitrogens with zero attached hydrogens (tertiary/aromatic N) is 1. The van der Waals surface area contributed by atoms with Gasteiger partial charge in [0.2, 0.25) is 0 Å². The minimum atomic E-state index is -0.521. The monoisotopic (exact) mass is 397 g/mol. The predicted molar refractivity (Wildman–Crippen MR) is 110 cm³/mol. The molecule has 3 aromatic rings. The summed E-state index contributed by atoms with van der Waals surface area (Å²) >= 11 is 5.76. The third-order valence-corrected chi connectivity index (χ3v) is 5.48. The second kappa shape index (κ2) is 8.15. The molecule has 1 fully saturated rings. The number of hydrogen-bond donors (Lipinski definition) is 2. The number of para-hydroxylation sites is 1. The predicted octanol–water partition coefficient (Wildman–Crippen LogP) is 5.18. The Morgan fingerprint density at radius 2 is 1.75 bits per heavy atom. The molecule has 1 aromatic heterocycles. The van der Waals surface area contributed by atoms with E-state index in [-0.39, 0.29) is 17.0 Å². The highest BCUT2D eigenvalue weighted by Crippen LogP contribution is 2.24. The van der Waals surface area contributed by atoms with Crippen molar-refractivity contribution in [3.63, 3.8) is 0 Å². The van der Waals surface area contributed by atoms with E-state index < -0.39 is 5.82 Å². The molecule has 0 bridgehead atoms. The summed E-state index contributed by atoms with van der Waals surface area (Å²) in [4.78, 5) is 17.0. The van der Waals surface area contributed by atoms with E-state index in [0.717, 1.165) is 42.4 Å². The number of hydrogen-bond acceptors (Lipinski definition) is 3. The van der Waals surface area contributed by atoms with Crippen molar-refractivity contribution >= 4 is 34.2 Å². The van der Waals surface area contributed by atoms with Gasteiger partial charge in [0, 0.05) is 23.0 Å². The van der Waals surface area contributed by atoms with E-state index in [4.69, 9.17) is 11.6 Å². The Bertz CT molecular complexity index is 1000. The molecule has 4 nitrogen and oxygen atoms in total. The standard InChI is InChI=1S/C22H21ClFN3O/c23-18-13-15(5-11-19(18)24)22(28)26-17-9-7-16(8-10-17)25-21-12-6-14-3-1-2-4-20(14)27-21/h1-6,11-13,16-17H,7-10H2,(H,25,27)(H,26,28)/t16-,17+. The number of pyridine rings is 1. The SMILES string of the molecule is O=C(N[C@H]1CC[C@@H](Nc2ccc3ccccc3n2)CC1)c1ccc(F)c(Cl)c1. The van der Waals surface area contributed by atoms with Crippen molar-refractivity contribution in [2.75, 3.05) is 5.32 Å². The first-order valence-electron chi connectivity index (χ1n) is 9.47. The number of aromatic nitrogens is 1. The number of halogens is 2. The van der Waals surface area contributed by atoms with E-state index in [2.05, 4.69) is 21.7 Å². The average molecular weight is 398 g/mol. The summed E-state index contributed by atoms with van der Waals surface area (Å²) in [6.07, 6.45) is 3.66.